The first-order valence-corrected chi connectivity index (χ1v) is 8.16. The SMILES string of the molecule is Cc1cc(C)c(C(C=O)N2CCC(c3ccc(O)cc3)=N2)c(C)c1. The Morgan fingerprint density at radius 1 is 1.12 bits per heavy atom. The summed E-state index contributed by atoms with van der Waals surface area (Å²) in [5, 5.41) is 16.0. The van der Waals surface area contributed by atoms with E-state index in [0.717, 1.165) is 40.7 Å². The van der Waals surface area contributed by atoms with E-state index in [-0.39, 0.29) is 11.8 Å². The second-order valence-electron chi connectivity index (χ2n) is 6.40. The number of carbonyl (C=O) groups excluding carboxylic acids is 1. The molecule has 1 N–H and O–H groups in total. The van der Waals surface area contributed by atoms with Crippen molar-refractivity contribution in [2.75, 3.05) is 6.54 Å². The number of aldehydes is 1. The molecule has 1 heterocycles. The van der Waals surface area contributed by atoms with E-state index in [2.05, 4.69) is 24.2 Å². The third kappa shape index (κ3) is 3.04. The van der Waals surface area contributed by atoms with Gasteiger partial charge in [0.25, 0.3) is 0 Å². The molecule has 1 aliphatic heterocycles. The van der Waals surface area contributed by atoms with Crippen LogP contribution in [0.15, 0.2) is 41.5 Å². The molecule has 0 aromatic heterocycles. The van der Waals surface area contributed by atoms with E-state index >= 15 is 0 Å². The molecular formula is C20H22N2O2. The largest absolute Gasteiger partial charge is 0.508 e. The summed E-state index contributed by atoms with van der Waals surface area (Å²) in [7, 11) is 0. The fourth-order valence-electron chi connectivity index (χ4n) is 3.48. The van der Waals surface area contributed by atoms with Crippen LogP contribution in [-0.2, 0) is 4.79 Å². The predicted molar refractivity (Wildman–Crippen MR) is 95.4 cm³/mol. The standard InChI is InChI=1S/C20H22N2O2/c1-13-10-14(2)20(15(3)11-13)19(12-23)22-9-8-18(21-22)16-4-6-17(24)7-5-16/h4-7,10-12,19,24H,8-9H2,1-3H3. The number of aromatic hydroxyl groups is 1. The van der Waals surface area contributed by atoms with Gasteiger partial charge in [0.2, 0.25) is 0 Å². The maximum absolute atomic E-state index is 11.8. The Labute approximate surface area is 142 Å². The average molecular weight is 322 g/mol. The van der Waals surface area contributed by atoms with Crippen LogP contribution >= 0.6 is 0 Å². The number of phenolic OH excluding ortho intramolecular Hbond substituents is 1. The summed E-state index contributed by atoms with van der Waals surface area (Å²) in [6.07, 6.45) is 1.77. The van der Waals surface area contributed by atoms with Crippen molar-refractivity contribution in [1.29, 1.82) is 0 Å². The van der Waals surface area contributed by atoms with Crippen molar-refractivity contribution in [2.24, 2.45) is 5.10 Å². The lowest BCUT2D eigenvalue weighted by atomic mass is 9.94. The molecule has 0 saturated heterocycles. The summed E-state index contributed by atoms with van der Waals surface area (Å²) in [6, 6.07) is 10.9. The number of aryl methyl sites for hydroxylation is 3. The highest BCUT2D eigenvalue weighted by molar-refractivity contribution is 6.01. The lowest BCUT2D eigenvalue weighted by Gasteiger charge is -2.25. The number of hydrazone groups is 1. The molecule has 0 fully saturated rings. The molecule has 4 heteroatoms. The summed E-state index contributed by atoms with van der Waals surface area (Å²) < 4.78 is 0. The van der Waals surface area contributed by atoms with Crippen molar-refractivity contribution in [2.45, 2.75) is 33.2 Å². The monoisotopic (exact) mass is 322 g/mol. The van der Waals surface area contributed by atoms with Gasteiger partial charge in [0.05, 0.1) is 5.71 Å². The molecule has 1 unspecified atom stereocenters. The van der Waals surface area contributed by atoms with Gasteiger partial charge in [-0.3, -0.25) is 5.01 Å². The number of phenols is 1. The van der Waals surface area contributed by atoms with Crippen molar-refractivity contribution in [3.05, 3.63) is 64.2 Å². The van der Waals surface area contributed by atoms with Gasteiger partial charge in [-0.05, 0) is 67.3 Å². The Balaban J connectivity index is 1.93. The van der Waals surface area contributed by atoms with Crippen LogP contribution in [-0.4, -0.2) is 28.7 Å². The van der Waals surface area contributed by atoms with E-state index in [1.54, 1.807) is 12.1 Å². The summed E-state index contributed by atoms with van der Waals surface area (Å²) in [5.74, 6) is 0.242. The quantitative estimate of drug-likeness (QED) is 0.874. The minimum atomic E-state index is -0.361. The Morgan fingerprint density at radius 3 is 2.33 bits per heavy atom. The Morgan fingerprint density at radius 2 is 1.75 bits per heavy atom. The van der Waals surface area contributed by atoms with Gasteiger partial charge in [-0.1, -0.05) is 17.7 Å². The highest BCUT2D eigenvalue weighted by Crippen LogP contribution is 2.30. The fraction of sp³-hybridized carbons (Fsp3) is 0.300. The molecule has 0 spiro atoms. The first-order chi connectivity index (χ1) is 11.5. The number of benzene rings is 2. The average Bonchev–Trinajstić information content (AvgIpc) is 3.01. The molecule has 2 aromatic carbocycles. The van der Waals surface area contributed by atoms with E-state index in [0.29, 0.717) is 6.54 Å². The number of hydrogen-bond donors (Lipinski definition) is 1. The zero-order valence-electron chi connectivity index (χ0n) is 14.3. The molecule has 24 heavy (non-hydrogen) atoms. The smallest absolute Gasteiger partial charge is 0.148 e. The van der Waals surface area contributed by atoms with Gasteiger partial charge in [-0.25, -0.2) is 0 Å². The van der Waals surface area contributed by atoms with E-state index in [9.17, 15) is 9.90 Å². The Kier molecular flexibility index (Phi) is 4.38. The van der Waals surface area contributed by atoms with E-state index in [1.807, 2.05) is 31.0 Å². The molecule has 2 aromatic rings. The van der Waals surface area contributed by atoms with Crippen LogP contribution in [0, 0.1) is 20.8 Å². The normalized spacial score (nSPS) is 15.3. The molecule has 4 nitrogen and oxygen atoms in total. The third-order valence-corrected chi connectivity index (χ3v) is 4.51. The minimum absolute atomic E-state index is 0.242. The number of rotatable bonds is 4. The summed E-state index contributed by atoms with van der Waals surface area (Å²) >= 11 is 0. The summed E-state index contributed by atoms with van der Waals surface area (Å²) in [6.45, 7) is 6.88. The van der Waals surface area contributed by atoms with E-state index in [1.165, 1.54) is 5.56 Å². The molecule has 124 valence electrons. The van der Waals surface area contributed by atoms with Crippen LogP contribution in [0.3, 0.4) is 0 Å². The molecule has 3 rings (SSSR count). The second-order valence-corrected chi connectivity index (χ2v) is 6.40. The van der Waals surface area contributed by atoms with Gasteiger partial charge in [-0.15, -0.1) is 0 Å². The number of nitrogens with zero attached hydrogens (tertiary/aromatic N) is 2. The van der Waals surface area contributed by atoms with E-state index in [4.69, 9.17) is 0 Å². The van der Waals surface area contributed by atoms with Crippen LogP contribution in [0.1, 0.15) is 40.3 Å². The van der Waals surface area contributed by atoms with Gasteiger partial charge < -0.3 is 9.90 Å². The molecule has 0 saturated carbocycles. The molecule has 1 aliphatic rings. The summed E-state index contributed by atoms with van der Waals surface area (Å²) in [4.78, 5) is 11.8. The number of carbonyl (C=O) groups is 1. The molecule has 0 amide bonds. The van der Waals surface area contributed by atoms with Crippen molar-refractivity contribution in [3.63, 3.8) is 0 Å². The first-order valence-electron chi connectivity index (χ1n) is 8.16. The second kappa shape index (κ2) is 6.48. The van der Waals surface area contributed by atoms with Gasteiger partial charge in [-0.2, -0.15) is 5.10 Å². The van der Waals surface area contributed by atoms with Gasteiger partial charge >= 0.3 is 0 Å². The highest BCUT2D eigenvalue weighted by Gasteiger charge is 2.26. The molecular weight excluding hydrogens is 300 g/mol. The van der Waals surface area contributed by atoms with Crippen molar-refractivity contribution in [1.82, 2.24) is 5.01 Å². The molecule has 0 aliphatic carbocycles. The zero-order valence-corrected chi connectivity index (χ0v) is 14.3. The zero-order chi connectivity index (χ0) is 17.3. The lowest BCUT2D eigenvalue weighted by Crippen LogP contribution is -2.24. The van der Waals surface area contributed by atoms with Crippen molar-refractivity contribution in [3.8, 4) is 5.75 Å². The Bertz CT molecular complexity index is 771. The van der Waals surface area contributed by atoms with Gasteiger partial charge in [0.1, 0.15) is 18.1 Å². The maximum Gasteiger partial charge on any atom is 0.148 e. The summed E-state index contributed by atoms with van der Waals surface area (Å²) in [5.41, 5.74) is 6.43. The predicted octanol–water partition coefficient (Wildman–Crippen LogP) is 3.67. The van der Waals surface area contributed by atoms with E-state index < -0.39 is 0 Å². The molecule has 1 atom stereocenters. The minimum Gasteiger partial charge on any atom is -0.508 e. The van der Waals surface area contributed by atoms with Crippen LogP contribution in [0.25, 0.3) is 0 Å². The van der Waals surface area contributed by atoms with Crippen LogP contribution in [0.5, 0.6) is 5.75 Å². The molecule has 0 bridgehead atoms. The Hall–Kier alpha value is -2.62. The van der Waals surface area contributed by atoms with Crippen LogP contribution < -0.4 is 0 Å². The van der Waals surface area contributed by atoms with Crippen LogP contribution in [0.4, 0.5) is 0 Å². The lowest BCUT2D eigenvalue weighted by molar-refractivity contribution is -0.112. The number of hydrogen-bond acceptors (Lipinski definition) is 4. The maximum atomic E-state index is 11.8. The van der Waals surface area contributed by atoms with Gasteiger partial charge in [0, 0.05) is 13.0 Å². The highest BCUT2D eigenvalue weighted by atomic mass is 16.3. The third-order valence-electron chi connectivity index (χ3n) is 4.51. The van der Waals surface area contributed by atoms with Crippen molar-refractivity contribution >= 4 is 12.0 Å². The topological polar surface area (TPSA) is 52.9 Å². The van der Waals surface area contributed by atoms with Gasteiger partial charge in [0.15, 0.2) is 0 Å². The first kappa shape index (κ1) is 16.2. The van der Waals surface area contributed by atoms with Crippen LogP contribution in [0.2, 0.25) is 0 Å². The van der Waals surface area contributed by atoms with Crippen molar-refractivity contribution < 1.29 is 9.90 Å². The fourth-order valence-corrected chi connectivity index (χ4v) is 3.48. The molecule has 0 radical (unpaired) electrons.